The van der Waals surface area contributed by atoms with Gasteiger partial charge in [0.05, 0.1) is 5.02 Å². The summed E-state index contributed by atoms with van der Waals surface area (Å²) in [6.45, 7) is 1.90. The fraction of sp³-hybridized carbons (Fsp3) is 0.154. The first-order chi connectivity index (χ1) is 8.99. The third-order valence-electron chi connectivity index (χ3n) is 2.64. The fourth-order valence-corrected chi connectivity index (χ4v) is 3.14. The summed E-state index contributed by atoms with van der Waals surface area (Å²) in [6, 6.07) is 6.39. The molecule has 6 heteroatoms. The van der Waals surface area contributed by atoms with E-state index in [1.807, 2.05) is 18.4 Å². The Morgan fingerprint density at radius 2 is 2.21 bits per heavy atom. The molecule has 0 amide bonds. The number of carboxylic acid groups (broad SMARTS) is 1. The SMILES string of the molecule is Cc1ccsc1C(Nc1ccc(Cl)c(Br)c1)C(=O)O. The molecular formula is C13H11BrClNO2S. The Bertz CT molecular complexity index is 614. The largest absolute Gasteiger partial charge is 0.479 e. The summed E-state index contributed by atoms with van der Waals surface area (Å²) in [4.78, 5) is 12.2. The maximum Gasteiger partial charge on any atom is 0.331 e. The predicted molar refractivity (Wildman–Crippen MR) is 82.2 cm³/mol. The highest BCUT2D eigenvalue weighted by atomic mass is 79.9. The number of hydrogen-bond acceptors (Lipinski definition) is 3. The Morgan fingerprint density at radius 1 is 1.47 bits per heavy atom. The van der Waals surface area contributed by atoms with Gasteiger partial charge in [-0.1, -0.05) is 11.6 Å². The first kappa shape index (κ1) is 14.4. The van der Waals surface area contributed by atoms with Gasteiger partial charge in [0.25, 0.3) is 0 Å². The molecule has 0 aliphatic heterocycles. The van der Waals surface area contributed by atoms with E-state index in [4.69, 9.17) is 11.6 Å². The van der Waals surface area contributed by atoms with Crippen molar-refractivity contribution in [2.45, 2.75) is 13.0 Å². The summed E-state index contributed by atoms with van der Waals surface area (Å²) in [5, 5.41) is 14.8. The van der Waals surface area contributed by atoms with Crippen molar-refractivity contribution < 1.29 is 9.90 Å². The van der Waals surface area contributed by atoms with E-state index >= 15 is 0 Å². The summed E-state index contributed by atoms with van der Waals surface area (Å²) in [5.41, 5.74) is 1.68. The number of carboxylic acids is 1. The van der Waals surface area contributed by atoms with Gasteiger partial charge in [-0.15, -0.1) is 11.3 Å². The summed E-state index contributed by atoms with van der Waals surface area (Å²) in [7, 11) is 0. The Morgan fingerprint density at radius 3 is 2.74 bits per heavy atom. The zero-order valence-corrected chi connectivity index (χ0v) is 13.1. The van der Waals surface area contributed by atoms with Crippen LogP contribution < -0.4 is 5.32 Å². The van der Waals surface area contributed by atoms with Gasteiger partial charge in [0.1, 0.15) is 0 Å². The third kappa shape index (κ3) is 3.29. The molecule has 1 atom stereocenters. The highest BCUT2D eigenvalue weighted by Gasteiger charge is 2.22. The van der Waals surface area contributed by atoms with Crippen molar-refractivity contribution in [1.82, 2.24) is 0 Å². The van der Waals surface area contributed by atoms with E-state index < -0.39 is 12.0 Å². The van der Waals surface area contributed by atoms with Gasteiger partial charge in [-0.3, -0.25) is 0 Å². The quantitative estimate of drug-likeness (QED) is 0.830. The van der Waals surface area contributed by atoms with Crippen molar-refractivity contribution >= 4 is 50.5 Å². The van der Waals surface area contributed by atoms with Crippen LogP contribution in [-0.4, -0.2) is 11.1 Å². The molecule has 19 heavy (non-hydrogen) atoms. The number of carbonyl (C=O) groups is 1. The summed E-state index contributed by atoms with van der Waals surface area (Å²) in [6.07, 6.45) is 0. The molecule has 0 fully saturated rings. The first-order valence-corrected chi connectivity index (χ1v) is 7.52. The summed E-state index contributed by atoms with van der Waals surface area (Å²) in [5.74, 6) is -0.906. The van der Waals surface area contributed by atoms with E-state index in [1.165, 1.54) is 11.3 Å². The van der Waals surface area contributed by atoms with Crippen LogP contribution in [0.25, 0.3) is 0 Å². The standard InChI is InChI=1S/C13H11BrClNO2S/c1-7-4-5-19-12(7)11(13(17)18)16-8-2-3-10(15)9(14)6-8/h2-6,11,16H,1H3,(H,17,18). The molecule has 0 saturated heterocycles. The van der Waals surface area contributed by atoms with E-state index in [9.17, 15) is 9.90 Å². The Kier molecular flexibility index (Phi) is 4.50. The highest BCUT2D eigenvalue weighted by molar-refractivity contribution is 9.10. The molecule has 3 nitrogen and oxygen atoms in total. The van der Waals surface area contributed by atoms with E-state index in [0.717, 1.165) is 14.9 Å². The number of anilines is 1. The van der Waals surface area contributed by atoms with Crippen LogP contribution in [0.15, 0.2) is 34.1 Å². The number of rotatable bonds is 4. The van der Waals surface area contributed by atoms with Crippen molar-refractivity contribution in [1.29, 1.82) is 0 Å². The van der Waals surface area contributed by atoms with Gasteiger partial charge < -0.3 is 10.4 Å². The van der Waals surface area contributed by atoms with E-state index in [1.54, 1.807) is 18.2 Å². The molecule has 0 aliphatic carbocycles. The van der Waals surface area contributed by atoms with Crippen LogP contribution in [0.1, 0.15) is 16.5 Å². The summed E-state index contributed by atoms with van der Waals surface area (Å²) >= 11 is 10.7. The maximum atomic E-state index is 11.4. The molecule has 0 saturated carbocycles. The molecule has 0 aliphatic rings. The maximum absolute atomic E-state index is 11.4. The van der Waals surface area contributed by atoms with Gasteiger partial charge in [0.2, 0.25) is 0 Å². The molecule has 1 unspecified atom stereocenters. The van der Waals surface area contributed by atoms with Crippen molar-refractivity contribution in [3.63, 3.8) is 0 Å². The van der Waals surface area contributed by atoms with Gasteiger partial charge in [-0.05, 0) is 58.1 Å². The van der Waals surface area contributed by atoms with Crippen LogP contribution in [0.2, 0.25) is 5.02 Å². The topological polar surface area (TPSA) is 49.3 Å². The van der Waals surface area contributed by atoms with Crippen LogP contribution >= 0.6 is 38.9 Å². The molecule has 0 spiro atoms. The Hall–Kier alpha value is -1.04. The molecule has 1 aromatic carbocycles. The van der Waals surface area contributed by atoms with Crippen LogP contribution in [0.5, 0.6) is 0 Å². The number of aryl methyl sites for hydroxylation is 1. The average molecular weight is 361 g/mol. The van der Waals surface area contributed by atoms with Gasteiger partial charge in [-0.25, -0.2) is 4.79 Å². The van der Waals surface area contributed by atoms with E-state index in [0.29, 0.717) is 10.7 Å². The van der Waals surface area contributed by atoms with E-state index in [-0.39, 0.29) is 0 Å². The van der Waals surface area contributed by atoms with Crippen LogP contribution in [0.4, 0.5) is 5.69 Å². The van der Waals surface area contributed by atoms with E-state index in [2.05, 4.69) is 21.2 Å². The lowest BCUT2D eigenvalue weighted by molar-refractivity contribution is -0.138. The number of benzene rings is 1. The molecule has 100 valence electrons. The normalized spacial score (nSPS) is 12.2. The second-order valence-electron chi connectivity index (χ2n) is 4.01. The molecule has 1 heterocycles. The Labute approximate surface area is 128 Å². The van der Waals surface area contributed by atoms with Crippen molar-refractivity contribution in [2.75, 3.05) is 5.32 Å². The average Bonchev–Trinajstić information content (AvgIpc) is 2.76. The second-order valence-corrected chi connectivity index (χ2v) is 6.22. The van der Waals surface area contributed by atoms with Crippen LogP contribution in [0.3, 0.4) is 0 Å². The van der Waals surface area contributed by atoms with Gasteiger partial charge >= 0.3 is 5.97 Å². The first-order valence-electron chi connectivity index (χ1n) is 5.47. The lowest BCUT2D eigenvalue weighted by Crippen LogP contribution is -2.20. The highest BCUT2D eigenvalue weighted by Crippen LogP contribution is 2.30. The monoisotopic (exact) mass is 359 g/mol. The molecule has 2 aromatic rings. The fourth-order valence-electron chi connectivity index (χ4n) is 1.67. The minimum Gasteiger partial charge on any atom is -0.479 e. The van der Waals surface area contributed by atoms with Gasteiger partial charge in [0.15, 0.2) is 6.04 Å². The van der Waals surface area contributed by atoms with Crippen LogP contribution in [0, 0.1) is 6.92 Å². The smallest absolute Gasteiger partial charge is 0.331 e. The number of thiophene rings is 1. The molecule has 1 aromatic heterocycles. The number of aliphatic carboxylic acids is 1. The molecule has 0 radical (unpaired) electrons. The molecular weight excluding hydrogens is 350 g/mol. The molecule has 2 N–H and O–H groups in total. The number of hydrogen-bond donors (Lipinski definition) is 2. The van der Waals surface area contributed by atoms with Crippen molar-refractivity contribution in [2.24, 2.45) is 0 Å². The number of halogens is 2. The molecule has 0 bridgehead atoms. The third-order valence-corrected chi connectivity index (χ3v) is 4.94. The van der Waals surface area contributed by atoms with Gasteiger partial charge in [-0.2, -0.15) is 0 Å². The lowest BCUT2D eigenvalue weighted by Gasteiger charge is -2.16. The van der Waals surface area contributed by atoms with Crippen molar-refractivity contribution in [3.8, 4) is 0 Å². The predicted octanol–water partition coefficient (Wildman–Crippen LogP) is 4.71. The number of nitrogens with one attached hydrogen (secondary N) is 1. The minimum atomic E-state index is -0.906. The lowest BCUT2D eigenvalue weighted by atomic mass is 10.1. The Balaban J connectivity index is 2.29. The van der Waals surface area contributed by atoms with Gasteiger partial charge in [0, 0.05) is 15.0 Å². The summed E-state index contributed by atoms with van der Waals surface area (Å²) < 4.78 is 0.728. The van der Waals surface area contributed by atoms with Crippen LogP contribution in [-0.2, 0) is 4.79 Å². The second kappa shape index (κ2) is 5.94. The zero-order chi connectivity index (χ0) is 14.0. The van der Waals surface area contributed by atoms with Crippen molar-refractivity contribution in [3.05, 3.63) is 49.6 Å². The molecule has 2 rings (SSSR count). The minimum absolute atomic E-state index is 0.588. The zero-order valence-electron chi connectivity index (χ0n) is 9.98.